The number of rotatable bonds is 66. The van der Waals surface area contributed by atoms with Gasteiger partial charge in [0, 0.05) is 19.3 Å². The number of carbonyl (C=O) groups is 3. The molecule has 6 heteroatoms. The minimum absolute atomic E-state index is 0.0607. The zero-order chi connectivity index (χ0) is 55.0. The molecular weight excluding hydrogens is 937 g/mol. The number of carbonyl (C=O) groups excluding carboxylic acids is 3. The predicted octanol–water partition coefficient (Wildman–Crippen LogP) is 23.8. The maximum absolute atomic E-state index is 12.9. The van der Waals surface area contributed by atoms with E-state index in [0.717, 1.165) is 57.8 Å². The summed E-state index contributed by atoms with van der Waals surface area (Å²) in [5.41, 5.74) is 0. The van der Waals surface area contributed by atoms with Crippen LogP contribution in [0.4, 0.5) is 0 Å². The first-order valence-corrected chi connectivity index (χ1v) is 35.0. The van der Waals surface area contributed by atoms with Gasteiger partial charge in [0.1, 0.15) is 13.2 Å². The molecule has 0 aromatic rings. The third-order valence-corrected chi connectivity index (χ3v) is 16.4. The van der Waals surface area contributed by atoms with Crippen molar-refractivity contribution >= 4 is 17.9 Å². The first kappa shape index (κ1) is 74.4. The van der Waals surface area contributed by atoms with E-state index < -0.39 is 6.10 Å². The Morgan fingerprint density at radius 3 is 0.526 bits per heavy atom. The summed E-state index contributed by atoms with van der Waals surface area (Å²) in [6.45, 7) is 6.72. The summed E-state index contributed by atoms with van der Waals surface area (Å²) < 4.78 is 16.9. The van der Waals surface area contributed by atoms with Crippen LogP contribution in [0.3, 0.4) is 0 Å². The van der Waals surface area contributed by atoms with Gasteiger partial charge in [-0.2, -0.15) is 0 Å². The molecule has 452 valence electrons. The summed E-state index contributed by atoms with van der Waals surface area (Å²) in [6, 6.07) is 0. The van der Waals surface area contributed by atoms with Gasteiger partial charge in [-0.15, -0.1) is 0 Å². The third-order valence-electron chi connectivity index (χ3n) is 16.4. The molecule has 0 aliphatic carbocycles. The molecule has 0 saturated carbocycles. The van der Waals surface area contributed by atoms with Crippen LogP contribution in [-0.2, 0) is 28.6 Å². The molecule has 0 N–H and O–H groups in total. The molecule has 1 atom stereocenters. The Hall–Kier alpha value is -1.59. The Kier molecular flexibility index (Phi) is 64.5. The van der Waals surface area contributed by atoms with Crippen molar-refractivity contribution in [3.05, 3.63) is 0 Å². The smallest absolute Gasteiger partial charge is 0.306 e. The van der Waals surface area contributed by atoms with Gasteiger partial charge in [-0.3, -0.25) is 14.4 Å². The summed E-state index contributed by atoms with van der Waals surface area (Å²) in [4.78, 5) is 38.2. The molecule has 1 unspecified atom stereocenters. The van der Waals surface area contributed by atoms with Crippen LogP contribution in [0.5, 0.6) is 0 Å². The zero-order valence-electron chi connectivity index (χ0n) is 52.1. The standard InChI is InChI=1S/C70H136O6/c1-4-7-10-13-16-19-22-24-26-27-28-29-30-31-32-33-34-35-36-37-38-39-40-41-42-44-45-48-51-54-57-60-63-69(72)75-66-67(65-74-68(71)62-59-56-53-50-47-21-18-15-12-9-6-3)76-70(73)64-61-58-55-52-49-46-43-25-23-20-17-14-11-8-5-2/h67H,4-66H2,1-3H3. The number of ether oxygens (including phenoxy) is 3. The highest BCUT2D eigenvalue weighted by atomic mass is 16.6. The second kappa shape index (κ2) is 65.9. The molecule has 0 aromatic heterocycles. The lowest BCUT2D eigenvalue weighted by molar-refractivity contribution is -0.167. The molecule has 0 amide bonds. The Balaban J connectivity index is 4.01. The molecule has 0 radical (unpaired) electrons. The van der Waals surface area contributed by atoms with Crippen molar-refractivity contribution in [2.24, 2.45) is 0 Å². The van der Waals surface area contributed by atoms with Crippen LogP contribution in [0.1, 0.15) is 412 Å². The topological polar surface area (TPSA) is 78.9 Å². The molecule has 0 aliphatic heterocycles. The molecule has 0 aromatic carbocycles. The highest BCUT2D eigenvalue weighted by Gasteiger charge is 2.19. The molecule has 6 nitrogen and oxygen atoms in total. The predicted molar refractivity (Wildman–Crippen MR) is 330 cm³/mol. The van der Waals surface area contributed by atoms with Crippen LogP contribution in [0.25, 0.3) is 0 Å². The van der Waals surface area contributed by atoms with E-state index in [1.54, 1.807) is 0 Å². The van der Waals surface area contributed by atoms with Gasteiger partial charge in [0.05, 0.1) is 0 Å². The highest BCUT2D eigenvalue weighted by molar-refractivity contribution is 5.71. The van der Waals surface area contributed by atoms with Gasteiger partial charge < -0.3 is 14.2 Å². The SMILES string of the molecule is CCCCCCCCCCCCCCCCCCCCCCCCCCCCCCCCCCC(=O)OCC(COC(=O)CCCCCCCCCCCCC)OC(=O)CCCCCCCCCCCCCCCCC. The molecule has 76 heavy (non-hydrogen) atoms. The number of hydrogen-bond acceptors (Lipinski definition) is 6. The Labute approximate surface area is 476 Å². The van der Waals surface area contributed by atoms with E-state index >= 15 is 0 Å². The fourth-order valence-corrected chi connectivity index (χ4v) is 11.1. The van der Waals surface area contributed by atoms with Gasteiger partial charge in [-0.1, -0.05) is 374 Å². The number of unbranched alkanes of at least 4 members (excludes halogenated alkanes) is 55. The van der Waals surface area contributed by atoms with Crippen molar-refractivity contribution in [2.45, 2.75) is 419 Å². The van der Waals surface area contributed by atoms with E-state index in [2.05, 4.69) is 20.8 Å². The van der Waals surface area contributed by atoms with Crippen molar-refractivity contribution in [1.82, 2.24) is 0 Å². The maximum Gasteiger partial charge on any atom is 0.306 e. The quantitative estimate of drug-likeness (QED) is 0.0343. The molecule has 0 saturated heterocycles. The second-order valence-corrected chi connectivity index (χ2v) is 24.2. The normalized spacial score (nSPS) is 11.9. The fraction of sp³-hybridized carbons (Fsp3) is 0.957. The number of esters is 3. The molecule has 0 spiro atoms. The average Bonchev–Trinajstić information content (AvgIpc) is 3.42. The third kappa shape index (κ3) is 63.2. The minimum Gasteiger partial charge on any atom is -0.462 e. The highest BCUT2D eigenvalue weighted by Crippen LogP contribution is 2.19. The van der Waals surface area contributed by atoms with Crippen LogP contribution in [0, 0.1) is 0 Å². The van der Waals surface area contributed by atoms with E-state index in [0.29, 0.717) is 19.3 Å². The van der Waals surface area contributed by atoms with E-state index in [1.165, 1.54) is 315 Å². The molecule has 0 rings (SSSR count). The summed E-state index contributed by atoms with van der Waals surface area (Å²) in [7, 11) is 0. The molecule has 0 aliphatic rings. The van der Waals surface area contributed by atoms with Gasteiger partial charge in [-0.25, -0.2) is 0 Å². The van der Waals surface area contributed by atoms with Crippen LogP contribution >= 0.6 is 0 Å². The Bertz CT molecular complexity index is 1140. The van der Waals surface area contributed by atoms with E-state index in [4.69, 9.17) is 14.2 Å². The van der Waals surface area contributed by atoms with E-state index in [1.807, 2.05) is 0 Å². The molecule has 0 heterocycles. The molecular formula is C70H136O6. The summed E-state index contributed by atoms with van der Waals surface area (Å²) in [6.07, 6.45) is 77.3. The van der Waals surface area contributed by atoms with Crippen molar-refractivity contribution in [3.63, 3.8) is 0 Å². The van der Waals surface area contributed by atoms with Crippen molar-refractivity contribution in [1.29, 1.82) is 0 Å². The van der Waals surface area contributed by atoms with Crippen LogP contribution in [-0.4, -0.2) is 37.2 Å². The van der Waals surface area contributed by atoms with Crippen molar-refractivity contribution in [3.8, 4) is 0 Å². The first-order valence-electron chi connectivity index (χ1n) is 35.0. The summed E-state index contributed by atoms with van der Waals surface area (Å²) in [5.74, 6) is -0.827. The first-order chi connectivity index (χ1) is 37.5. The van der Waals surface area contributed by atoms with Gasteiger partial charge in [0.15, 0.2) is 6.10 Å². The van der Waals surface area contributed by atoms with Crippen LogP contribution in [0.15, 0.2) is 0 Å². The molecule has 0 bridgehead atoms. The van der Waals surface area contributed by atoms with Gasteiger partial charge in [0.25, 0.3) is 0 Å². The lowest BCUT2D eigenvalue weighted by Gasteiger charge is -2.18. The maximum atomic E-state index is 12.9. The van der Waals surface area contributed by atoms with Gasteiger partial charge in [0.2, 0.25) is 0 Å². The van der Waals surface area contributed by atoms with Crippen LogP contribution < -0.4 is 0 Å². The summed E-state index contributed by atoms with van der Waals surface area (Å²) >= 11 is 0. The van der Waals surface area contributed by atoms with Crippen LogP contribution in [0.2, 0.25) is 0 Å². The fourth-order valence-electron chi connectivity index (χ4n) is 11.1. The Morgan fingerprint density at radius 1 is 0.211 bits per heavy atom. The number of hydrogen-bond donors (Lipinski definition) is 0. The van der Waals surface area contributed by atoms with E-state index in [9.17, 15) is 14.4 Å². The monoisotopic (exact) mass is 1070 g/mol. The average molecular weight is 1070 g/mol. The van der Waals surface area contributed by atoms with Gasteiger partial charge in [-0.05, 0) is 19.3 Å². The molecule has 0 fully saturated rings. The van der Waals surface area contributed by atoms with Crippen molar-refractivity contribution < 1.29 is 28.6 Å². The minimum atomic E-state index is -0.762. The van der Waals surface area contributed by atoms with E-state index in [-0.39, 0.29) is 31.1 Å². The lowest BCUT2D eigenvalue weighted by Crippen LogP contribution is -2.30. The zero-order valence-corrected chi connectivity index (χ0v) is 52.1. The van der Waals surface area contributed by atoms with Crippen molar-refractivity contribution in [2.75, 3.05) is 13.2 Å². The Morgan fingerprint density at radius 2 is 0.355 bits per heavy atom. The second-order valence-electron chi connectivity index (χ2n) is 24.2. The summed E-state index contributed by atoms with van der Waals surface area (Å²) in [5, 5.41) is 0. The lowest BCUT2D eigenvalue weighted by atomic mass is 10.0. The van der Waals surface area contributed by atoms with Gasteiger partial charge >= 0.3 is 17.9 Å². The largest absolute Gasteiger partial charge is 0.462 e.